The summed E-state index contributed by atoms with van der Waals surface area (Å²) in [4.78, 5) is 23.1. The van der Waals surface area contributed by atoms with Crippen molar-refractivity contribution < 1.29 is 23.9 Å². The van der Waals surface area contributed by atoms with Crippen LogP contribution in [0, 0.1) is 19.3 Å². The fourth-order valence-electron chi connectivity index (χ4n) is 3.14. The number of fused-ring (bicyclic) bond motifs is 3. The number of esters is 1. The van der Waals surface area contributed by atoms with E-state index in [1.165, 1.54) is 14.2 Å². The molecular weight excluding hydrogens is 372 g/mol. The van der Waals surface area contributed by atoms with Crippen LogP contribution in [0.5, 0.6) is 11.5 Å². The summed E-state index contributed by atoms with van der Waals surface area (Å²) >= 11 is 0. The Kier molecular flexibility index (Phi) is 5.93. The van der Waals surface area contributed by atoms with Crippen molar-refractivity contribution in [3.05, 3.63) is 53.1 Å². The molecule has 1 atom stereocenters. The number of nitrogens with zero attached hydrogens (tertiary/aromatic N) is 2. The van der Waals surface area contributed by atoms with Gasteiger partial charge in [-0.15, -0.1) is 6.42 Å². The predicted octanol–water partition coefficient (Wildman–Crippen LogP) is 3.41. The Bertz CT molecular complexity index is 993. The van der Waals surface area contributed by atoms with Gasteiger partial charge in [-0.1, -0.05) is 23.2 Å². The number of rotatable bonds is 7. The second-order valence-electron chi connectivity index (χ2n) is 6.41. The summed E-state index contributed by atoms with van der Waals surface area (Å²) in [5.41, 5.74) is 3.21. The second-order valence-corrected chi connectivity index (χ2v) is 6.41. The zero-order valence-corrected chi connectivity index (χ0v) is 16.8. The van der Waals surface area contributed by atoms with Gasteiger partial charge in [0, 0.05) is 0 Å². The van der Waals surface area contributed by atoms with Gasteiger partial charge in [-0.05, 0) is 49.2 Å². The molecule has 2 heterocycles. The van der Waals surface area contributed by atoms with Crippen LogP contribution in [0.25, 0.3) is 0 Å². The first-order chi connectivity index (χ1) is 14.0. The van der Waals surface area contributed by atoms with E-state index in [0.29, 0.717) is 17.1 Å². The molecule has 0 fully saturated rings. The average Bonchev–Trinajstić information content (AvgIpc) is 2.75. The van der Waals surface area contributed by atoms with E-state index in [4.69, 9.17) is 25.6 Å². The molecule has 0 amide bonds. The molecule has 2 aliphatic rings. The molecule has 2 aromatic carbocycles. The van der Waals surface area contributed by atoms with Crippen LogP contribution in [0.15, 0.2) is 41.6 Å². The van der Waals surface area contributed by atoms with Crippen LogP contribution in [0.2, 0.25) is 0 Å². The van der Waals surface area contributed by atoms with Gasteiger partial charge in [-0.25, -0.2) is 9.86 Å². The fraction of sp³-hybridized carbons (Fsp3) is 0.273. The highest BCUT2D eigenvalue weighted by atomic mass is 16.7. The van der Waals surface area contributed by atoms with E-state index >= 15 is 0 Å². The molecule has 0 aliphatic carbocycles. The Hall–Kier alpha value is -3.66. The van der Waals surface area contributed by atoms with Crippen LogP contribution < -0.4 is 14.6 Å². The Morgan fingerprint density at radius 2 is 2.10 bits per heavy atom. The number of ether oxygens (including phenoxy) is 2. The van der Waals surface area contributed by atoms with Crippen molar-refractivity contribution in [1.82, 2.24) is 0 Å². The summed E-state index contributed by atoms with van der Waals surface area (Å²) in [6, 6.07) is 11.3. The number of oxime groups is 1. The molecule has 0 saturated heterocycles. The van der Waals surface area contributed by atoms with E-state index in [1.54, 1.807) is 5.06 Å². The number of aryl methyl sites for hydroxylation is 1. The molecule has 0 spiro atoms. The van der Waals surface area contributed by atoms with Gasteiger partial charge in [0.05, 0.1) is 24.4 Å². The number of carbonyl (C=O) groups is 1. The Morgan fingerprint density at radius 1 is 1.31 bits per heavy atom. The molecule has 4 rings (SSSR count). The van der Waals surface area contributed by atoms with Crippen molar-refractivity contribution in [2.75, 3.05) is 25.9 Å². The second kappa shape index (κ2) is 8.57. The molecular formula is C22H22N2O5. The van der Waals surface area contributed by atoms with Gasteiger partial charge < -0.3 is 19.1 Å². The Morgan fingerprint density at radius 3 is 2.76 bits per heavy atom. The van der Waals surface area contributed by atoms with Crippen LogP contribution in [0.3, 0.4) is 0 Å². The van der Waals surface area contributed by atoms with E-state index in [-0.39, 0.29) is 18.4 Å². The van der Waals surface area contributed by atoms with Crippen LogP contribution in [0.1, 0.15) is 29.7 Å². The maximum absolute atomic E-state index is 12.1. The van der Waals surface area contributed by atoms with Gasteiger partial charge in [0.25, 0.3) is 0 Å². The maximum Gasteiger partial charge on any atom is 0.360 e. The van der Waals surface area contributed by atoms with Gasteiger partial charge in [0.15, 0.2) is 11.5 Å². The van der Waals surface area contributed by atoms with Gasteiger partial charge in [0.2, 0.25) is 0 Å². The first-order valence-electron chi connectivity index (χ1n) is 8.98. The van der Waals surface area contributed by atoms with Crippen LogP contribution in [-0.4, -0.2) is 32.5 Å². The lowest BCUT2D eigenvalue weighted by molar-refractivity contribution is -0.132. The molecule has 7 nitrogen and oxygen atoms in total. The summed E-state index contributed by atoms with van der Waals surface area (Å²) in [7, 11) is 2.66. The van der Waals surface area contributed by atoms with E-state index in [9.17, 15) is 4.79 Å². The molecule has 7 heteroatoms. The molecule has 2 aliphatic heterocycles. The zero-order chi connectivity index (χ0) is 21.0. The largest absolute Gasteiger partial charge is 0.481 e. The van der Waals surface area contributed by atoms with Crippen molar-refractivity contribution in [2.24, 2.45) is 5.16 Å². The Balaban J connectivity index is 1.94. The number of hydrogen-bond donors (Lipinski definition) is 0. The summed E-state index contributed by atoms with van der Waals surface area (Å²) in [6.07, 6.45) is 5.26. The van der Waals surface area contributed by atoms with E-state index in [2.05, 4.69) is 11.1 Å². The molecule has 150 valence electrons. The number of benzene rings is 2. The van der Waals surface area contributed by atoms with Crippen molar-refractivity contribution in [3.63, 3.8) is 0 Å². The molecule has 2 aromatic rings. The molecule has 29 heavy (non-hydrogen) atoms. The predicted molar refractivity (Wildman–Crippen MR) is 109 cm³/mol. The third-order valence-electron chi connectivity index (χ3n) is 4.53. The number of terminal acetylenes is 1. The number of anilines is 1. The minimum absolute atomic E-state index is 0.0481. The van der Waals surface area contributed by atoms with Gasteiger partial charge in [-0.2, -0.15) is 0 Å². The summed E-state index contributed by atoms with van der Waals surface area (Å²) < 4.78 is 10.3. The molecule has 1 unspecified atom stereocenters. The molecule has 0 saturated carbocycles. The van der Waals surface area contributed by atoms with Crippen molar-refractivity contribution in [1.29, 1.82) is 0 Å². The highest BCUT2D eigenvalue weighted by Crippen LogP contribution is 2.41. The van der Waals surface area contributed by atoms with Crippen molar-refractivity contribution >= 4 is 17.4 Å². The van der Waals surface area contributed by atoms with Crippen LogP contribution in [-0.2, 0) is 14.4 Å². The third-order valence-corrected chi connectivity index (χ3v) is 4.53. The zero-order valence-electron chi connectivity index (χ0n) is 16.8. The molecule has 2 bridgehead atoms. The first-order valence-corrected chi connectivity index (χ1v) is 8.98. The third kappa shape index (κ3) is 3.97. The number of methoxy groups -OCH3 is 1. The van der Waals surface area contributed by atoms with Crippen LogP contribution in [0.4, 0.5) is 5.69 Å². The summed E-state index contributed by atoms with van der Waals surface area (Å²) in [6.45, 7) is 4.12. The average molecular weight is 394 g/mol. The Labute approximate surface area is 169 Å². The molecule has 0 aromatic heterocycles. The minimum atomic E-state index is -0.604. The first kappa shape index (κ1) is 20.1. The number of carbonyl (C=O) groups excluding carboxylic acids is 1. The summed E-state index contributed by atoms with van der Waals surface area (Å²) in [5.74, 6) is 3.06. The van der Waals surface area contributed by atoms with E-state index in [0.717, 1.165) is 16.8 Å². The normalized spacial score (nSPS) is 13.3. The lowest BCUT2D eigenvalue weighted by Gasteiger charge is -2.36. The number of hydroxylamine groups is 1. The smallest absolute Gasteiger partial charge is 0.360 e. The summed E-state index contributed by atoms with van der Waals surface area (Å²) in [5, 5.41) is 5.59. The quantitative estimate of drug-likeness (QED) is 0.310. The van der Waals surface area contributed by atoms with Crippen molar-refractivity contribution in [2.45, 2.75) is 19.9 Å². The molecule has 0 radical (unpaired) electrons. The topological polar surface area (TPSA) is 69.6 Å². The SMILES string of the molecule is C#CCOc1cccc(C(C)N2Oc3c(C)cc2cc3C(=NOC)C(=O)OC)c1. The monoisotopic (exact) mass is 394 g/mol. The van der Waals surface area contributed by atoms with Gasteiger partial charge in [0.1, 0.15) is 19.5 Å². The minimum Gasteiger partial charge on any atom is -0.481 e. The fourth-order valence-corrected chi connectivity index (χ4v) is 3.14. The van der Waals surface area contributed by atoms with E-state index in [1.807, 2.05) is 50.2 Å². The highest BCUT2D eigenvalue weighted by Gasteiger charge is 2.32. The van der Waals surface area contributed by atoms with Gasteiger partial charge >= 0.3 is 5.97 Å². The van der Waals surface area contributed by atoms with E-state index < -0.39 is 5.97 Å². The van der Waals surface area contributed by atoms with Crippen molar-refractivity contribution in [3.8, 4) is 23.8 Å². The number of hydrogen-bond acceptors (Lipinski definition) is 7. The maximum atomic E-state index is 12.1. The lowest BCUT2D eigenvalue weighted by Crippen LogP contribution is -2.35. The highest BCUT2D eigenvalue weighted by molar-refractivity contribution is 6.44. The van der Waals surface area contributed by atoms with Crippen LogP contribution >= 0.6 is 0 Å². The standard InChI is InChI=1S/C22H22N2O5/c1-6-10-28-18-9-7-8-16(12-18)15(3)24-17-11-14(2)21(29-24)19(13-17)20(23-27-5)22(25)26-4/h1,7-9,11-13,15H,10H2,2-5H3. The van der Waals surface area contributed by atoms with Gasteiger partial charge in [-0.3, -0.25) is 0 Å². The lowest BCUT2D eigenvalue weighted by atomic mass is 10.0. The molecule has 0 N–H and O–H groups in total.